The molecule has 0 aromatic heterocycles. The van der Waals surface area contributed by atoms with E-state index in [0.29, 0.717) is 0 Å². The first-order chi connectivity index (χ1) is 2.91. The third kappa shape index (κ3) is 10.9. The maximum Gasteiger partial charge on any atom is 0 e. The SMILES string of the molecule is CCCCCC.[Bi]. The second-order valence-electron chi connectivity index (χ2n) is 1.71. The fourth-order valence-electron chi connectivity index (χ4n) is 0.500. The third-order valence-electron chi connectivity index (χ3n) is 0.957. The van der Waals surface area contributed by atoms with Gasteiger partial charge in [-0.05, 0) is 0 Å². The molecule has 0 aliphatic rings. The molecular formula is C6H14Bi. The molecule has 43 valence electrons. The van der Waals surface area contributed by atoms with Gasteiger partial charge in [0.25, 0.3) is 0 Å². The first-order valence-corrected chi connectivity index (χ1v) is 2.91. The summed E-state index contributed by atoms with van der Waals surface area (Å²) in [6.07, 6.45) is 5.54. The summed E-state index contributed by atoms with van der Waals surface area (Å²) in [5.41, 5.74) is 0. The molecule has 0 aromatic rings. The Morgan fingerprint density at radius 3 is 1.29 bits per heavy atom. The monoisotopic (exact) mass is 295 g/mol. The molecule has 0 saturated carbocycles. The molecule has 1 heteroatoms. The van der Waals surface area contributed by atoms with Crippen molar-refractivity contribution >= 4 is 26.2 Å². The molecule has 0 fully saturated rings. The molecule has 0 nitrogen and oxygen atoms in total. The molecule has 0 heterocycles. The Kier molecular flexibility index (Phi) is 15.4. The van der Waals surface area contributed by atoms with E-state index in [-0.39, 0.29) is 26.2 Å². The van der Waals surface area contributed by atoms with Gasteiger partial charge in [0.15, 0.2) is 0 Å². The fraction of sp³-hybridized carbons (Fsp3) is 1.00. The minimum absolute atomic E-state index is 0. The summed E-state index contributed by atoms with van der Waals surface area (Å²) in [7, 11) is 0. The number of hydrogen-bond donors (Lipinski definition) is 0. The Bertz CT molecular complexity index is 16.1. The van der Waals surface area contributed by atoms with Gasteiger partial charge in [-0.1, -0.05) is 39.5 Å². The normalized spacial score (nSPS) is 7.71. The molecule has 0 N–H and O–H groups in total. The summed E-state index contributed by atoms with van der Waals surface area (Å²) in [6.45, 7) is 4.46. The molecule has 0 amide bonds. The van der Waals surface area contributed by atoms with E-state index in [0.717, 1.165) is 0 Å². The average molecular weight is 295 g/mol. The van der Waals surface area contributed by atoms with Gasteiger partial charge >= 0.3 is 0 Å². The van der Waals surface area contributed by atoms with Crippen molar-refractivity contribution in [1.82, 2.24) is 0 Å². The fourth-order valence-corrected chi connectivity index (χ4v) is 0.500. The van der Waals surface area contributed by atoms with E-state index in [9.17, 15) is 0 Å². The van der Waals surface area contributed by atoms with Crippen LogP contribution in [-0.4, -0.2) is 26.2 Å². The molecule has 0 unspecified atom stereocenters. The van der Waals surface area contributed by atoms with Crippen LogP contribution in [0.2, 0.25) is 0 Å². The van der Waals surface area contributed by atoms with Crippen LogP contribution in [0.3, 0.4) is 0 Å². The first kappa shape index (κ1) is 10.8. The summed E-state index contributed by atoms with van der Waals surface area (Å²) in [5, 5.41) is 0. The van der Waals surface area contributed by atoms with E-state index in [4.69, 9.17) is 0 Å². The van der Waals surface area contributed by atoms with Gasteiger partial charge in [-0.15, -0.1) is 0 Å². The molecule has 0 aliphatic carbocycles. The van der Waals surface area contributed by atoms with Gasteiger partial charge in [0.1, 0.15) is 0 Å². The van der Waals surface area contributed by atoms with E-state index in [2.05, 4.69) is 13.8 Å². The molecule has 0 spiro atoms. The molecule has 0 rings (SSSR count). The third-order valence-corrected chi connectivity index (χ3v) is 0.957. The van der Waals surface area contributed by atoms with Crippen molar-refractivity contribution in [2.75, 3.05) is 0 Å². The zero-order chi connectivity index (χ0) is 4.83. The summed E-state index contributed by atoms with van der Waals surface area (Å²) in [6, 6.07) is 0. The van der Waals surface area contributed by atoms with Crippen molar-refractivity contribution in [1.29, 1.82) is 0 Å². The van der Waals surface area contributed by atoms with Gasteiger partial charge in [0.2, 0.25) is 0 Å². The minimum atomic E-state index is 0. The Labute approximate surface area is 65.8 Å². The smallest absolute Gasteiger partial charge is 0 e. The van der Waals surface area contributed by atoms with Crippen molar-refractivity contribution in [3.63, 3.8) is 0 Å². The molecule has 3 radical (unpaired) electrons. The molecule has 7 heavy (non-hydrogen) atoms. The van der Waals surface area contributed by atoms with Gasteiger partial charge in [0, 0.05) is 26.2 Å². The summed E-state index contributed by atoms with van der Waals surface area (Å²) in [4.78, 5) is 0. The maximum atomic E-state index is 2.23. The number of rotatable bonds is 3. The number of hydrogen-bond acceptors (Lipinski definition) is 0. The predicted molar refractivity (Wildman–Crippen MR) is 35.6 cm³/mol. The Balaban J connectivity index is 0. The minimum Gasteiger partial charge on any atom is -0.0654 e. The van der Waals surface area contributed by atoms with Crippen molar-refractivity contribution < 1.29 is 0 Å². The van der Waals surface area contributed by atoms with E-state index < -0.39 is 0 Å². The van der Waals surface area contributed by atoms with Gasteiger partial charge < -0.3 is 0 Å². The predicted octanol–water partition coefficient (Wildman–Crippen LogP) is 2.21. The second-order valence-corrected chi connectivity index (χ2v) is 1.71. The molecule has 0 aliphatic heterocycles. The van der Waals surface area contributed by atoms with Crippen LogP contribution in [-0.2, 0) is 0 Å². The van der Waals surface area contributed by atoms with Crippen molar-refractivity contribution in [2.24, 2.45) is 0 Å². The zero-order valence-electron chi connectivity index (χ0n) is 5.28. The summed E-state index contributed by atoms with van der Waals surface area (Å²) < 4.78 is 0. The zero-order valence-corrected chi connectivity index (χ0v) is 8.75. The van der Waals surface area contributed by atoms with E-state index in [1.807, 2.05) is 0 Å². The van der Waals surface area contributed by atoms with Crippen LogP contribution >= 0.6 is 0 Å². The van der Waals surface area contributed by atoms with Gasteiger partial charge in [-0.2, -0.15) is 0 Å². The van der Waals surface area contributed by atoms with Crippen LogP contribution in [0.5, 0.6) is 0 Å². The second kappa shape index (κ2) is 9.99. The standard InChI is InChI=1S/C6H14.Bi/c1-3-5-6-4-2;/h3-6H2,1-2H3;. The van der Waals surface area contributed by atoms with Gasteiger partial charge in [0.05, 0.1) is 0 Å². The summed E-state index contributed by atoms with van der Waals surface area (Å²) >= 11 is 0. The molecule has 0 atom stereocenters. The van der Waals surface area contributed by atoms with Crippen LogP contribution in [0.1, 0.15) is 39.5 Å². The Morgan fingerprint density at radius 1 is 0.857 bits per heavy atom. The Morgan fingerprint density at radius 2 is 1.14 bits per heavy atom. The van der Waals surface area contributed by atoms with Crippen molar-refractivity contribution in [3.05, 3.63) is 0 Å². The average Bonchev–Trinajstić information content (AvgIpc) is 1.61. The Hall–Kier alpha value is 0.883. The van der Waals surface area contributed by atoms with E-state index in [1.165, 1.54) is 25.7 Å². The van der Waals surface area contributed by atoms with Gasteiger partial charge in [-0.25, -0.2) is 0 Å². The van der Waals surface area contributed by atoms with Crippen LogP contribution in [0.25, 0.3) is 0 Å². The summed E-state index contributed by atoms with van der Waals surface area (Å²) in [5.74, 6) is 0. The van der Waals surface area contributed by atoms with E-state index >= 15 is 0 Å². The van der Waals surface area contributed by atoms with Crippen molar-refractivity contribution in [2.45, 2.75) is 39.5 Å². The quantitative estimate of drug-likeness (QED) is 0.553. The maximum absolute atomic E-state index is 2.23. The van der Waals surface area contributed by atoms with Gasteiger partial charge in [-0.3, -0.25) is 0 Å². The van der Waals surface area contributed by atoms with Crippen molar-refractivity contribution in [3.8, 4) is 0 Å². The topological polar surface area (TPSA) is 0 Å². The van der Waals surface area contributed by atoms with Crippen LogP contribution in [0.15, 0.2) is 0 Å². The van der Waals surface area contributed by atoms with Crippen LogP contribution in [0.4, 0.5) is 0 Å². The van der Waals surface area contributed by atoms with E-state index in [1.54, 1.807) is 0 Å². The molecule has 0 saturated heterocycles. The molecule has 0 aromatic carbocycles. The molecule has 0 bridgehead atoms. The molecular weight excluding hydrogens is 281 g/mol. The van der Waals surface area contributed by atoms with Crippen LogP contribution < -0.4 is 0 Å². The largest absolute Gasteiger partial charge is 0.0654 e. The van der Waals surface area contributed by atoms with Crippen LogP contribution in [0, 0.1) is 0 Å². The first-order valence-electron chi connectivity index (χ1n) is 2.91. The number of unbranched alkanes of at least 4 members (excludes halogenated alkanes) is 3.